The van der Waals surface area contributed by atoms with Gasteiger partial charge in [0.15, 0.2) is 0 Å². The van der Waals surface area contributed by atoms with Crippen molar-refractivity contribution in [2.75, 3.05) is 39.8 Å². The molecule has 1 aliphatic rings. The summed E-state index contributed by atoms with van der Waals surface area (Å²) in [6.45, 7) is 4.32. The second-order valence-corrected chi connectivity index (χ2v) is 5.13. The second-order valence-electron chi connectivity index (χ2n) is 5.13. The van der Waals surface area contributed by atoms with Gasteiger partial charge in [-0.25, -0.2) is 0 Å². The molecule has 1 unspecified atom stereocenters. The third-order valence-electron chi connectivity index (χ3n) is 3.50. The van der Waals surface area contributed by atoms with Crippen molar-refractivity contribution in [3.05, 3.63) is 0 Å². The zero-order chi connectivity index (χ0) is 16.2. The van der Waals surface area contributed by atoms with Gasteiger partial charge in [0, 0.05) is 33.2 Å². The Morgan fingerprint density at radius 3 is 2.29 bits per heavy atom. The summed E-state index contributed by atoms with van der Waals surface area (Å²) >= 11 is 0. The molecule has 0 spiro atoms. The van der Waals surface area contributed by atoms with Crippen LogP contribution in [0.2, 0.25) is 0 Å². The van der Waals surface area contributed by atoms with Gasteiger partial charge in [0.1, 0.15) is 6.54 Å². The maximum atomic E-state index is 12.0. The minimum Gasteiger partial charge on any atom is -0.481 e. The highest BCUT2D eigenvalue weighted by Crippen LogP contribution is 2.06. The van der Waals surface area contributed by atoms with E-state index in [1.807, 2.05) is 0 Å². The molecule has 0 bridgehead atoms. The van der Waals surface area contributed by atoms with Crippen LogP contribution in [0.25, 0.3) is 0 Å². The van der Waals surface area contributed by atoms with Crippen LogP contribution in [0, 0.1) is 5.92 Å². The standard InChI is InChI=1S/C13H21N3O5/c1-4-15-5-6-16(12(19)11(15)18)8-10(17)14(3)7-9(2)13(20)21/h9H,4-8H2,1-3H3,(H,20,21). The van der Waals surface area contributed by atoms with Crippen molar-refractivity contribution in [3.63, 3.8) is 0 Å². The highest BCUT2D eigenvalue weighted by atomic mass is 16.4. The maximum absolute atomic E-state index is 12.0. The molecule has 1 heterocycles. The summed E-state index contributed by atoms with van der Waals surface area (Å²) < 4.78 is 0. The number of carboxylic acid groups (broad SMARTS) is 1. The van der Waals surface area contributed by atoms with E-state index in [1.54, 1.807) is 6.92 Å². The molecule has 1 N–H and O–H groups in total. The Labute approximate surface area is 123 Å². The van der Waals surface area contributed by atoms with E-state index in [9.17, 15) is 19.2 Å². The van der Waals surface area contributed by atoms with E-state index < -0.39 is 23.7 Å². The summed E-state index contributed by atoms with van der Waals surface area (Å²) in [5.74, 6) is -3.34. The van der Waals surface area contributed by atoms with Crippen molar-refractivity contribution in [1.82, 2.24) is 14.7 Å². The summed E-state index contributed by atoms with van der Waals surface area (Å²) in [5, 5.41) is 8.81. The maximum Gasteiger partial charge on any atom is 0.312 e. The molecule has 1 aliphatic heterocycles. The lowest BCUT2D eigenvalue weighted by atomic mass is 10.2. The Balaban J connectivity index is 2.57. The number of carboxylic acids is 1. The normalized spacial score (nSPS) is 16.9. The van der Waals surface area contributed by atoms with Gasteiger partial charge >= 0.3 is 17.8 Å². The number of carbonyl (C=O) groups excluding carboxylic acids is 3. The SMILES string of the molecule is CCN1CCN(CC(=O)N(C)CC(C)C(=O)O)C(=O)C1=O. The molecule has 0 aromatic carbocycles. The minimum atomic E-state index is -0.988. The summed E-state index contributed by atoms with van der Waals surface area (Å²) in [6, 6.07) is 0. The van der Waals surface area contributed by atoms with Crippen molar-refractivity contribution >= 4 is 23.7 Å². The lowest BCUT2D eigenvalue weighted by Gasteiger charge is -2.33. The van der Waals surface area contributed by atoms with Gasteiger partial charge in [-0.3, -0.25) is 19.2 Å². The van der Waals surface area contributed by atoms with E-state index in [-0.39, 0.29) is 19.0 Å². The molecule has 1 fully saturated rings. The lowest BCUT2D eigenvalue weighted by molar-refractivity contribution is -0.157. The molecule has 8 heteroatoms. The fourth-order valence-corrected chi connectivity index (χ4v) is 2.04. The molecule has 8 nitrogen and oxygen atoms in total. The second kappa shape index (κ2) is 7.05. The van der Waals surface area contributed by atoms with Crippen LogP contribution in [0.3, 0.4) is 0 Å². The molecule has 0 saturated carbocycles. The van der Waals surface area contributed by atoms with E-state index in [0.717, 1.165) is 0 Å². The molecule has 1 saturated heterocycles. The first kappa shape index (κ1) is 16.9. The first-order valence-corrected chi connectivity index (χ1v) is 6.82. The Morgan fingerprint density at radius 1 is 1.24 bits per heavy atom. The molecule has 0 radical (unpaired) electrons. The van der Waals surface area contributed by atoms with E-state index in [1.165, 1.54) is 28.7 Å². The first-order chi connectivity index (χ1) is 9.77. The number of piperazine rings is 1. The third-order valence-corrected chi connectivity index (χ3v) is 3.50. The highest BCUT2D eigenvalue weighted by Gasteiger charge is 2.33. The molecule has 118 valence electrons. The quantitative estimate of drug-likeness (QED) is 0.625. The monoisotopic (exact) mass is 299 g/mol. The predicted molar refractivity (Wildman–Crippen MR) is 73.3 cm³/mol. The lowest BCUT2D eigenvalue weighted by Crippen LogP contribution is -2.56. The van der Waals surface area contributed by atoms with Crippen LogP contribution in [-0.4, -0.2) is 83.3 Å². The zero-order valence-electron chi connectivity index (χ0n) is 12.5. The molecule has 0 aromatic heterocycles. The number of carbonyl (C=O) groups is 4. The van der Waals surface area contributed by atoms with Crippen molar-refractivity contribution in [1.29, 1.82) is 0 Å². The van der Waals surface area contributed by atoms with Crippen LogP contribution in [-0.2, 0) is 19.2 Å². The summed E-state index contributed by atoms with van der Waals surface area (Å²) in [5.41, 5.74) is 0. The molecular formula is C13H21N3O5. The third kappa shape index (κ3) is 4.17. The number of rotatable bonds is 6. The summed E-state index contributed by atoms with van der Waals surface area (Å²) in [4.78, 5) is 50.2. The van der Waals surface area contributed by atoms with Crippen LogP contribution < -0.4 is 0 Å². The summed E-state index contributed by atoms with van der Waals surface area (Å²) in [6.07, 6.45) is 0. The molecule has 1 atom stereocenters. The van der Waals surface area contributed by atoms with Gasteiger partial charge < -0.3 is 19.8 Å². The number of aliphatic carboxylic acids is 1. The molecule has 1 rings (SSSR count). The van der Waals surface area contributed by atoms with Crippen molar-refractivity contribution in [2.45, 2.75) is 13.8 Å². The van der Waals surface area contributed by atoms with E-state index in [0.29, 0.717) is 19.6 Å². The largest absolute Gasteiger partial charge is 0.481 e. The van der Waals surface area contributed by atoms with E-state index in [2.05, 4.69) is 0 Å². The van der Waals surface area contributed by atoms with Gasteiger partial charge in [-0.2, -0.15) is 0 Å². The number of amides is 3. The Bertz CT molecular complexity index is 451. The van der Waals surface area contributed by atoms with Gasteiger partial charge in [0.2, 0.25) is 5.91 Å². The van der Waals surface area contributed by atoms with Gasteiger partial charge in [0.05, 0.1) is 5.92 Å². The smallest absolute Gasteiger partial charge is 0.312 e. The predicted octanol–water partition coefficient (Wildman–Crippen LogP) is -1.14. The van der Waals surface area contributed by atoms with Crippen LogP contribution in [0.1, 0.15) is 13.8 Å². The molecule has 0 aromatic rings. The van der Waals surface area contributed by atoms with Gasteiger partial charge in [-0.15, -0.1) is 0 Å². The van der Waals surface area contributed by atoms with Gasteiger partial charge in [-0.05, 0) is 6.92 Å². The zero-order valence-corrected chi connectivity index (χ0v) is 12.5. The summed E-state index contributed by atoms with van der Waals surface area (Å²) in [7, 11) is 1.48. The molecular weight excluding hydrogens is 278 g/mol. The topological polar surface area (TPSA) is 98.2 Å². The van der Waals surface area contributed by atoms with Crippen molar-refractivity contribution in [3.8, 4) is 0 Å². The van der Waals surface area contributed by atoms with Crippen LogP contribution >= 0.6 is 0 Å². The average molecular weight is 299 g/mol. The number of nitrogens with zero attached hydrogens (tertiary/aromatic N) is 3. The Kier molecular flexibility index (Phi) is 5.69. The molecule has 21 heavy (non-hydrogen) atoms. The van der Waals surface area contributed by atoms with Crippen molar-refractivity contribution in [2.24, 2.45) is 5.92 Å². The van der Waals surface area contributed by atoms with E-state index in [4.69, 9.17) is 5.11 Å². The fraction of sp³-hybridized carbons (Fsp3) is 0.692. The number of likely N-dealkylation sites (N-methyl/N-ethyl adjacent to an activating group) is 2. The number of hydrogen-bond donors (Lipinski definition) is 1. The van der Waals surface area contributed by atoms with Gasteiger partial charge in [-0.1, -0.05) is 6.92 Å². The number of hydrogen-bond acceptors (Lipinski definition) is 4. The van der Waals surface area contributed by atoms with Crippen LogP contribution in [0.4, 0.5) is 0 Å². The van der Waals surface area contributed by atoms with Crippen LogP contribution in [0.5, 0.6) is 0 Å². The highest BCUT2D eigenvalue weighted by molar-refractivity contribution is 6.35. The minimum absolute atomic E-state index is 0.0607. The average Bonchev–Trinajstić information content (AvgIpc) is 2.43. The van der Waals surface area contributed by atoms with Crippen LogP contribution in [0.15, 0.2) is 0 Å². The fourth-order valence-electron chi connectivity index (χ4n) is 2.04. The molecule has 3 amide bonds. The first-order valence-electron chi connectivity index (χ1n) is 6.82. The van der Waals surface area contributed by atoms with Gasteiger partial charge in [0.25, 0.3) is 0 Å². The van der Waals surface area contributed by atoms with Crippen molar-refractivity contribution < 1.29 is 24.3 Å². The Morgan fingerprint density at radius 2 is 1.76 bits per heavy atom. The Hall–Kier alpha value is -2.12. The van der Waals surface area contributed by atoms with E-state index >= 15 is 0 Å². The molecule has 0 aliphatic carbocycles.